The van der Waals surface area contributed by atoms with Crippen LogP contribution in [0, 0.1) is 17.2 Å². The maximum atomic E-state index is 13.6. The number of carbonyl (C=O) groups excluding carboxylic acids is 2. The van der Waals surface area contributed by atoms with Crippen molar-refractivity contribution >= 4 is 11.8 Å². The molecule has 147 valence electrons. The Hall–Kier alpha value is -3.41. The fraction of sp³-hybridized carbons (Fsp3) is 0.263. The van der Waals surface area contributed by atoms with Crippen molar-refractivity contribution in [2.24, 2.45) is 0 Å². The molecular formula is C19H20F2N5O2. The number of nitrogens with one attached hydrogen (secondary N) is 2. The summed E-state index contributed by atoms with van der Waals surface area (Å²) in [5, 5.41) is 21.6. The molecule has 2 atom stereocenters. The highest BCUT2D eigenvalue weighted by molar-refractivity contribution is 6.01. The minimum atomic E-state index is -1.03. The zero-order valence-electron chi connectivity index (χ0n) is 15.1. The largest absolute Gasteiger partial charge is 0.348 e. The van der Waals surface area contributed by atoms with Crippen LogP contribution in [-0.4, -0.2) is 28.1 Å². The van der Waals surface area contributed by atoms with Gasteiger partial charge in [-0.15, -0.1) is 5.10 Å². The molecule has 1 aliphatic carbocycles. The molecule has 1 unspecified atom stereocenters. The Morgan fingerprint density at radius 1 is 1.39 bits per heavy atom. The van der Waals surface area contributed by atoms with Crippen molar-refractivity contribution in [3.05, 3.63) is 64.4 Å². The van der Waals surface area contributed by atoms with E-state index in [1.165, 1.54) is 6.07 Å². The van der Waals surface area contributed by atoms with Crippen LogP contribution >= 0.6 is 0 Å². The van der Waals surface area contributed by atoms with E-state index in [2.05, 4.69) is 20.8 Å². The number of fused-ring (bicyclic) bond motifs is 1. The predicted molar refractivity (Wildman–Crippen MR) is 98.4 cm³/mol. The molecule has 3 rings (SSSR count). The van der Waals surface area contributed by atoms with Crippen LogP contribution in [0.4, 0.5) is 8.78 Å². The van der Waals surface area contributed by atoms with E-state index in [-0.39, 0.29) is 20.5 Å². The molecule has 0 aromatic carbocycles. The van der Waals surface area contributed by atoms with E-state index in [9.17, 15) is 18.4 Å². The van der Waals surface area contributed by atoms with Gasteiger partial charge in [0.15, 0.2) is 17.3 Å². The molecule has 0 saturated heterocycles. The lowest BCUT2D eigenvalue weighted by Crippen LogP contribution is -2.45. The maximum Gasteiger partial charge on any atom is 0.248 e. The second-order valence-corrected chi connectivity index (χ2v) is 6.44. The van der Waals surface area contributed by atoms with Crippen molar-refractivity contribution in [3.8, 4) is 6.07 Å². The normalized spacial score (nSPS) is 20.4. The van der Waals surface area contributed by atoms with Crippen LogP contribution in [0.25, 0.3) is 0 Å². The van der Waals surface area contributed by atoms with Gasteiger partial charge < -0.3 is 10.6 Å². The summed E-state index contributed by atoms with van der Waals surface area (Å²) >= 11 is 0. The standard InChI is InChI=1S/C19H16F2N5O2.2H2/c1-9-12-5-14(20)15(21)7-17(12)24-19(28)13(9)6-18(27)23-10(2)16-4-3-11(8-22)25-26-16;;/h3-5,7,10,17H,6H2,1-2H3,(H,23,27)(H,24,28);2*1H/t10-,17?;;/m0../s1. The molecule has 2 heterocycles. The van der Waals surface area contributed by atoms with Gasteiger partial charge in [0.25, 0.3) is 0 Å². The Balaban J connectivity index is 0.00000225. The molecule has 0 fully saturated rings. The van der Waals surface area contributed by atoms with Gasteiger partial charge in [-0.1, -0.05) is 5.57 Å². The van der Waals surface area contributed by atoms with Crippen LogP contribution in [0.3, 0.4) is 0 Å². The minimum Gasteiger partial charge on any atom is -0.348 e. The van der Waals surface area contributed by atoms with Crippen molar-refractivity contribution in [2.75, 3.05) is 0 Å². The average Bonchev–Trinajstić information content (AvgIpc) is 2.67. The summed E-state index contributed by atoms with van der Waals surface area (Å²) in [5.74, 6) is -2.58. The van der Waals surface area contributed by atoms with Gasteiger partial charge in [-0.25, -0.2) is 8.78 Å². The van der Waals surface area contributed by atoms with E-state index in [0.717, 1.165) is 12.2 Å². The number of nitriles is 1. The van der Waals surface area contributed by atoms with Crippen LogP contribution in [0.15, 0.2) is 47.1 Å². The summed E-state index contributed by atoms with van der Waals surface area (Å²) in [6.45, 7) is 3.29. The molecule has 1 aromatic rings. The highest BCUT2D eigenvalue weighted by Gasteiger charge is 2.36. The molecule has 2 N–H and O–H groups in total. The van der Waals surface area contributed by atoms with Gasteiger partial charge in [0, 0.05) is 8.43 Å². The lowest BCUT2D eigenvalue weighted by atomic mass is 9.81. The van der Waals surface area contributed by atoms with Gasteiger partial charge in [0.2, 0.25) is 11.8 Å². The summed E-state index contributed by atoms with van der Waals surface area (Å²) < 4.78 is 27.0. The third-order valence-electron chi connectivity index (χ3n) is 4.56. The number of hydrogen-bond acceptors (Lipinski definition) is 5. The zero-order valence-corrected chi connectivity index (χ0v) is 15.1. The molecular weight excluding hydrogens is 368 g/mol. The fourth-order valence-corrected chi connectivity index (χ4v) is 3.02. The van der Waals surface area contributed by atoms with Crippen LogP contribution in [0.1, 0.15) is 40.6 Å². The van der Waals surface area contributed by atoms with E-state index in [4.69, 9.17) is 5.26 Å². The first-order chi connectivity index (χ1) is 13.3. The Labute approximate surface area is 162 Å². The quantitative estimate of drug-likeness (QED) is 0.824. The van der Waals surface area contributed by atoms with Crippen LogP contribution in [0.5, 0.6) is 0 Å². The number of aromatic nitrogens is 2. The first-order valence-corrected chi connectivity index (χ1v) is 8.46. The van der Waals surface area contributed by atoms with Crippen LogP contribution in [-0.2, 0) is 9.59 Å². The lowest BCUT2D eigenvalue weighted by Gasteiger charge is -2.32. The second-order valence-electron chi connectivity index (χ2n) is 6.44. The molecule has 28 heavy (non-hydrogen) atoms. The molecule has 0 spiro atoms. The van der Waals surface area contributed by atoms with Crippen LogP contribution < -0.4 is 10.6 Å². The molecule has 0 bridgehead atoms. The molecule has 2 aliphatic rings. The second kappa shape index (κ2) is 7.68. The average molecular weight is 388 g/mol. The highest BCUT2D eigenvalue weighted by Crippen LogP contribution is 2.36. The first kappa shape index (κ1) is 19.4. The minimum absolute atomic E-state index is 0. The Kier molecular flexibility index (Phi) is 5.31. The summed E-state index contributed by atoms with van der Waals surface area (Å²) in [6, 6.07) is 3.66. The maximum absolute atomic E-state index is 13.6. The monoisotopic (exact) mass is 388 g/mol. The molecule has 9 heteroatoms. The Morgan fingerprint density at radius 3 is 2.79 bits per heavy atom. The number of nitrogens with zero attached hydrogens (tertiary/aromatic N) is 3. The van der Waals surface area contributed by atoms with E-state index >= 15 is 0 Å². The topological polar surface area (TPSA) is 108 Å². The van der Waals surface area contributed by atoms with E-state index < -0.39 is 35.6 Å². The van der Waals surface area contributed by atoms with Crippen molar-refractivity contribution in [2.45, 2.75) is 32.4 Å². The van der Waals surface area contributed by atoms with Gasteiger partial charge in [-0.05, 0) is 38.1 Å². The van der Waals surface area contributed by atoms with Crippen molar-refractivity contribution in [1.29, 1.82) is 5.26 Å². The Morgan fingerprint density at radius 2 is 2.14 bits per heavy atom. The van der Waals surface area contributed by atoms with E-state index in [1.54, 1.807) is 19.9 Å². The van der Waals surface area contributed by atoms with Gasteiger partial charge >= 0.3 is 0 Å². The third-order valence-corrected chi connectivity index (χ3v) is 4.56. The third kappa shape index (κ3) is 3.81. The fourth-order valence-electron chi connectivity index (χ4n) is 3.02. The molecule has 0 saturated carbocycles. The summed E-state index contributed by atoms with van der Waals surface area (Å²) in [7, 11) is 0. The Bertz CT molecular complexity index is 970. The zero-order chi connectivity index (χ0) is 20.4. The number of allylic oxidation sites excluding steroid dienone is 2. The van der Waals surface area contributed by atoms with Gasteiger partial charge in [0.1, 0.15) is 6.07 Å². The number of amides is 2. The SMILES string of the molecule is CC1=C(CC(=O)N[C@@H](C)c2ccc(C#N)nn2)C(=O)NC2C=C(F)C(F)=C[C]12.[HH].[HH]. The van der Waals surface area contributed by atoms with Crippen molar-refractivity contribution < 1.29 is 21.2 Å². The molecule has 1 aliphatic heterocycles. The van der Waals surface area contributed by atoms with Crippen molar-refractivity contribution in [1.82, 2.24) is 20.8 Å². The first-order valence-electron chi connectivity index (χ1n) is 8.46. The summed E-state index contributed by atoms with van der Waals surface area (Å²) in [6.07, 6.45) is 1.79. The smallest absolute Gasteiger partial charge is 0.248 e. The lowest BCUT2D eigenvalue weighted by molar-refractivity contribution is -0.124. The number of rotatable bonds is 4. The summed E-state index contributed by atoms with van der Waals surface area (Å²) in [4.78, 5) is 24.7. The number of halogens is 2. The van der Waals surface area contributed by atoms with Gasteiger partial charge in [-0.3, -0.25) is 9.59 Å². The summed E-state index contributed by atoms with van der Waals surface area (Å²) in [5.41, 5.74) is 1.24. The molecule has 1 aromatic heterocycles. The molecule has 1 radical (unpaired) electrons. The van der Waals surface area contributed by atoms with Crippen molar-refractivity contribution in [3.63, 3.8) is 0 Å². The predicted octanol–water partition coefficient (Wildman–Crippen LogP) is 2.52. The van der Waals surface area contributed by atoms with Gasteiger partial charge in [-0.2, -0.15) is 10.4 Å². The highest BCUT2D eigenvalue weighted by atomic mass is 19.2. The number of hydrogen-bond donors (Lipinski definition) is 2. The molecule has 2 amide bonds. The van der Waals surface area contributed by atoms with E-state index in [0.29, 0.717) is 17.2 Å². The molecule has 7 nitrogen and oxygen atoms in total. The van der Waals surface area contributed by atoms with E-state index in [1.807, 2.05) is 6.07 Å². The van der Waals surface area contributed by atoms with Crippen LogP contribution in [0.2, 0.25) is 0 Å². The number of carbonyl (C=O) groups is 2. The van der Waals surface area contributed by atoms with Gasteiger partial charge in [0.05, 0.1) is 30.1 Å².